The predicted octanol–water partition coefficient (Wildman–Crippen LogP) is 3.92. The van der Waals surface area contributed by atoms with Gasteiger partial charge >= 0.3 is 0 Å². The summed E-state index contributed by atoms with van der Waals surface area (Å²) < 4.78 is 5.43. The quantitative estimate of drug-likeness (QED) is 0.722. The molecular weight excluding hydrogens is 257 g/mol. The SMILES string of the molecule is Cc1c(Cl)ccc2c(Cl)c3c(nc12)CCOC3. The minimum atomic E-state index is 0.554. The maximum atomic E-state index is 6.42. The molecule has 3 rings (SSSR count). The zero-order valence-corrected chi connectivity index (χ0v) is 10.9. The molecule has 0 saturated heterocycles. The Morgan fingerprint density at radius 3 is 2.94 bits per heavy atom. The van der Waals surface area contributed by atoms with Crippen LogP contribution in [0.1, 0.15) is 16.8 Å². The number of ether oxygens (including phenoxy) is 1. The highest BCUT2D eigenvalue weighted by Gasteiger charge is 2.18. The molecule has 0 N–H and O–H groups in total. The maximum Gasteiger partial charge on any atom is 0.0764 e. The fourth-order valence-corrected chi connectivity index (χ4v) is 2.65. The van der Waals surface area contributed by atoms with Crippen LogP contribution in [0.25, 0.3) is 10.9 Å². The summed E-state index contributed by atoms with van der Waals surface area (Å²) in [6.45, 7) is 3.24. The number of benzene rings is 1. The van der Waals surface area contributed by atoms with Gasteiger partial charge in [-0.3, -0.25) is 4.98 Å². The van der Waals surface area contributed by atoms with Crippen LogP contribution in [0.2, 0.25) is 10.0 Å². The molecular formula is C13H11Cl2NO. The molecule has 0 spiro atoms. The number of nitrogens with zero attached hydrogens (tertiary/aromatic N) is 1. The molecule has 88 valence electrons. The van der Waals surface area contributed by atoms with Gasteiger partial charge in [0.05, 0.1) is 29.4 Å². The van der Waals surface area contributed by atoms with Gasteiger partial charge < -0.3 is 4.74 Å². The molecule has 1 aromatic carbocycles. The Labute approximate surface area is 110 Å². The molecule has 2 heterocycles. The molecule has 0 bridgehead atoms. The van der Waals surface area contributed by atoms with E-state index >= 15 is 0 Å². The van der Waals surface area contributed by atoms with Crippen molar-refractivity contribution in [2.45, 2.75) is 20.0 Å². The lowest BCUT2D eigenvalue weighted by molar-refractivity contribution is 0.109. The van der Waals surface area contributed by atoms with Crippen molar-refractivity contribution in [1.82, 2.24) is 4.98 Å². The van der Waals surface area contributed by atoms with Gasteiger partial charge in [0.15, 0.2) is 0 Å². The number of hydrogen-bond acceptors (Lipinski definition) is 2. The standard InChI is InChI=1S/C13H11Cl2NO/c1-7-10(14)3-2-8-12(15)9-6-17-5-4-11(9)16-13(7)8/h2-3H,4-6H2,1H3. The van der Waals surface area contributed by atoms with Crippen molar-refractivity contribution in [2.24, 2.45) is 0 Å². The number of aromatic nitrogens is 1. The molecule has 0 saturated carbocycles. The Morgan fingerprint density at radius 1 is 1.29 bits per heavy atom. The first-order valence-electron chi connectivity index (χ1n) is 5.52. The van der Waals surface area contributed by atoms with Crippen molar-refractivity contribution < 1.29 is 4.74 Å². The monoisotopic (exact) mass is 267 g/mol. The summed E-state index contributed by atoms with van der Waals surface area (Å²) >= 11 is 12.5. The normalized spacial score (nSPS) is 15.0. The van der Waals surface area contributed by atoms with Crippen molar-refractivity contribution >= 4 is 34.1 Å². The minimum Gasteiger partial charge on any atom is -0.376 e. The molecule has 4 heteroatoms. The fourth-order valence-electron chi connectivity index (χ4n) is 2.18. The van der Waals surface area contributed by atoms with Gasteiger partial charge in [-0.15, -0.1) is 0 Å². The molecule has 0 unspecified atom stereocenters. The molecule has 0 aliphatic carbocycles. The average Bonchev–Trinajstić information content (AvgIpc) is 2.35. The van der Waals surface area contributed by atoms with E-state index in [-0.39, 0.29) is 0 Å². The van der Waals surface area contributed by atoms with E-state index < -0.39 is 0 Å². The van der Waals surface area contributed by atoms with Crippen LogP contribution in [0.15, 0.2) is 12.1 Å². The Morgan fingerprint density at radius 2 is 2.12 bits per heavy atom. The Kier molecular flexibility index (Phi) is 2.74. The topological polar surface area (TPSA) is 22.1 Å². The van der Waals surface area contributed by atoms with Gasteiger partial charge in [0.25, 0.3) is 0 Å². The van der Waals surface area contributed by atoms with Crippen molar-refractivity contribution in [1.29, 1.82) is 0 Å². The van der Waals surface area contributed by atoms with E-state index in [4.69, 9.17) is 27.9 Å². The van der Waals surface area contributed by atoms with Crippen LogP contribution in [0.4, 0.5) is 0 Å². The number of pyridine rings is 1. The number of rotatable bonds is 0. The van der Waals surface area contributed by atoms with Crippen LogP contribution in [0, 0.1) is 6.92 Å². The first-order valence-corrected chi connectivity index (χ1v) is 6.28. The lowest BCUT2D eigenvalue weighted by Crippen LogP contribution is -2.12. The molecule has 1 aromatic heterocycles. The molecule has 0 fully saturated rings. The summed E-state index contributed by atoms with van der Waals surface area (Å²) in [5, 5.41) is 2.44. The van der Waals surface area contributed by atoms with Gasteiger partial charge in [0.2, 0.25) is 0 Å². The third kappa shape index (κ3) is 1.71. The van der Waals surface area contributed by atoms with Crippen LogP contribution in [-0.4, -0.2) is 11.6 Å². The molecule has 2 aromatic rings. The predicted molar refractivity (Wildman–Crippen MR) is 69.9 cm³/mol. The van der Waals surface area contributed by atoms with E-state index in [9.17, 15) is 0 Å². The van der Waals surface area contributed by atoms with Crippen LogP contribution in [0.5, 0.6) is 0 Å². The molecule has 1 aliphatic heterocycles. The van der Waals surface area contributed by atoms with E-state index in [1.165, 1.54) is 0 Å². The van der Waals surface area contributed by atoms with E-state index in [1.807, 2.05) is 19.1 Å². The molecule has 0 radical (unpaired) electrons. The van der Waals surface area contributed by atoms with E-state index in [1.54, 1.807) is 0 Å². The summed E-state index contributed by atoms with van der Waals surface area (Å²) in [4.78, 5) is 4.69. The Bertz CT molecular complexity index is 610. The highest BCUT2D eigenvalue weighted by atomic mass is 35.5. The first-order chi connectivity index (χ1) is 8.18. The number of hydrogen-bond donors (Lipinski definition) is 0. The summed E-state index contributed by atoms with van der Waals surface area (Å²) in [5.74, 6) is 0. The fraction of sp³-hybridized carbons (Fsp3) is 0.308. The molecule has 17 heavy (non-hydrogen) atoms. The zero-order valence-electron chi connectivity index (χ0n) is 9.39. The summed E-state index contributed by atoms with van der Waals surface area (Å²) in [6, 6.07) is 3.79. The van der Waals surface area contributed by atoms with Crippen molar-refractivity contribution in [3.8, 4) is 0 Å². The van der Waals surface area contributed by atoms with Gasteiger partial charge in [0, 0.05) is 22.4 Å². The van der Waals surface area contributed by atoms with E-state index in [2.05, 4.69) is 4.98 Å². The zero-order chi connectivity index (χ0) is 12.0. The van der Waals surface area contributed by atoms with Gasteiger partial charge in [-0.05, 0) is 24.6 Å². The number of halogens is 2. The van der Waals surface area contributed by atoms with Gasteiger partial charge in [-0.2, -0.15) is 0 Å². The largest absolute Gasteiger partial charge is 0.376 e. The smallest absolute Gasteiger partial charge is 0.0764 e. The number of aryl methyl sites for hydroxylation is 1. The second-order valence-corrected chi connectivity index (χ2v) is 5.01. The van der Waals surface area contributed by atoms with Crippen LogP contribution >= 0.6 is 23.2 Å². The molecule has 2 nitrogen and oxygen atoms in total. The second kappa shape index (κ2) is 4.13. The lowest BCUT2D eigenvalue weighted by Gasteiger charge is -2.19. The van der Waals surface area contributed by atoms with E-state index in [0.717, 1.165) is 44.2 Å². The third-order valence-electron chi connectivity index (χ3n) is 3.19. The molecule has 0 atom stereocenters. The molecule has 0 amide bonds. The number of fused-ring (bicyclic) bond motifs is 2. The Hall–Kier alpha value is -0.830. The van der Waals surface area contributed by atoms with Gasteiger partial charge in [-0.1, -0.05) is 23.2 Å². The average molecular weight is 268 g/mol. The van der Waals surface area contributed by atoms with Gasteiger partial charge in [-0.25, -0.2) is 0 Å². The van der Waals surface area contributed by atoms with Crippen LogP contribution in [-0.2, 0) is 17.8 Å². The summed E-state index contributed by atoms with van der Waals surface area (Å²) in [6.07, 6.45) is 0.816. The molecule has 1 aliphatic rings. The van der Waals surface area contributed by atoms with Crippen LogP contribution in [0.3, 0.4) is 0 Å². The second-order valence-electron chi connectivity index (χ2n) is 4.22. The van der Waals surface area contributed by atoms with Crippen LogP contribution < -0.4 is 0 Å². The lowest BCUT2D eigenvalue weighted by atomic mass is 10.0. The Balaban J connectivity index is 2.40. The first kappa shape index (κ1) is 11.3. The maximum absolute atomic E-state index is 6.42. The third-order valence-corrected chi connectivity index (χ3v) is 4.03. The van der Waals surface area contributed by atoms with Crippen molar-refractivity contribution in [2.75, 3.05) is 6.61 Å². The van der Waals surface area contributed by atoms with Crippen molar-refractivity contribution in [3.63, 3.8) is 0 Å². The summed E-state index contributed by atoms with van der Waals surface area (Å²) in [5.41, 5.74) is 3.95. The summed E-state index contributed by atoms with van der Waals surface area (Å²) in [7, 11) is 0. The highest BCUT2D eigenvalue weighted by Crippen LogP contribution is 2.34. The minimum absolute atomic E-state index is 0.554. The van der Waals surface area contributed by atoms with E-state index in [0.29, 0.717) is 13.2 Å². The highest BCUT2D eigenvalue weighted by molar-refractivity contribution is 6.37. The van der Waals surface area contributed by atoms with Crippen molar-refractivity contribution in [3.05, 3.63) is 39.0 Å². The van der Waals surface area contributed by atoms with Gasteiger partial charge in [0.1, 0.15) is 0 Å².